The summed E-state index contributed by atoms with van der Waals surface area (Å²) in [5, 5.41) is 8.89. The second kappa shape index (κ2) is 9.71. The first-order valence-corrected chi connectivity index (χ1v) is 10.9. The third-order valence-corrected chi connectivity index (χ3v) is 5.82. The molecule has 0 saturated heterocycles. The molecular weight excluding hydrogens is 507 g/mol. The van der Waals surface area contributed by atoms with Crippen LogP contribution in [0.2, 0.25) is 0 Å². The van der Waals surface area contributed by atoms with Crippen LogP contribution >= 0.6 is 31.9 Å². The number of aromatic nitrogens is 2. The van der Waals surface area contributed by atoms with Crippen LogP contribution in [0.1, 0.15) is 25.7 Å². The van der Waals surface area contributed by atoms with Crippen molar-refractivity contribution in [2.75, 3.05) is 29.6 Å². The van der Waals surface area contributed by atoms with Crippen molar-refractivity contribution in [3.8, 4) is 0 Å². The van der Waals surface area contributed by atoms with Crippen molar-refractivity contribution in [2.24, 2.45) is 0 Å². The van der Waals surface area contributed by atoms with Crippen LogP contribution < -0.4 is 20.9 Å². The van der Waals surface area contributed by atoms with Gasteiger partial charge in [0.1, 0.15) is 11.6 Å². The van der Waals surface area contributed by atoms with E-state index < -0.39 is 11.8 Å². The molecule has 1 aliphatic carbocycles. The van der Waals surface area contributed by atoms with Gasteiger partial charge in [-0.05, 0) is 59.8 Å². The van der Waals surface area contributed by atoms with Crippen LogP contribution in [0.15, 0.2) is 33.3 Å². The van der Waals surface area contributed by atoms with Gasteiger partial charge in [-0.1, -0.05) is 15.9 Å². The highest BCUT2D eigenvalue weighted by Gasteiger charge is 2.23. The normalized spacial score (nSPS) is 18.8. The van der Waals surface area contributed by atoms with E-state index in [-0.39, 0.29) is 17.8 Å². The molecule has 1 aliphatic rings. The molecule has 0 spiro atoms. The van der Waals surface area contributed by atoms with Gasteiger partial charge in [0.25, 0.3) is 0 Å². The van der Waals surface area contributed by atoms with E-state index >= 15 is 0 Å². The average molecular weight is 530 g/mol. The molecule has 2 amide bonds. The maximum atomic E-state index is 14.1. The first kappa shape index (κ1) is 21.8. The minimum absolute atomic E-state index is 0.0411. The Balaban J connectivity index is 1.48. The lowest BCUT2D eigenvalue weighted by Crippen LogP contribution is -2.42. The van der Waals surface area contributed by atoms with E-state index in [1.54, 1.807) is 12.3 Å². The van der Waals surface area contributed by atoms with E-state index in [2.05, 4.69) is 57.8 Å². The van der Waals surface area contributed by atoms with Gasteiger partial charge in [-0.15, -0.1) is 0 Å². The summed E-state index contributed by atoms with van der Waals surface area (Å²) in [4.78, 5) is 23.0. The molecule has 3 rings (SSSR count). The van der Waals surface area contributed by atoms with Crippen LogP contribution in [-0.2, 0) is 0 Å². The molecule has 0 unspecified atom stereocenters. The number of nitrogens with zero attached hydrogens (tertiary/aromatic N) is 3. The highest BCUT2D eigenvalue weighted by Crippen LogP contribution is 2.29. The molecule has 29 heavy (non-hydrogen) atoms. The fourth-order valence-electron chi connectivity index (χ4n) is 3.23. The zero-order valence-corrected chi connectivity index (χ0v) is 19.3. The minimum Gasteiger partial charge on any atom is -0.363 e. The van der Waals surface area contributed by atoms with Gasteiger partial charge < -0.3 is 20.9 Å². The molecule has 1 aromatic carbocycles. The van der Waals surface area contributed by atoms with Gasteiger partial charge in [0.15, 0.2) is 0 Å². The van der Waals surface area contributed by atoms with E-state index in [1.807, 2.05) is 25.1 Å². The van der Waals surface area contributed by atoms with Crippen molar-refractivity contribution in [1.82, 2.24) is 15.3 Å². The summed E-state index contributed by atoms with van der Waals surface area (Å²) in [6.45, 7) is 0. The van der Waals surface area contributed by atoms with E-state index in [4.69, 9.17) is 0 Å². The maximum absolute atomic E-state index is 14.1. The SMILES string of the molecule is CN(C)c1ccnc(NC2CCC(NC(=O)Nc3c(F)cc(Br)cc3Br)CC2)n1. The van der Waals surface area contributed by atoms with Crippen LogP contribution in [0.3, 0.4) is 0 Å². The van der Waals surface area contributed by atoms with E-state index in [1.165, 1.54) is 6.07 Å². The monoisotopic (exact) mass is 528 g/mol. The van der Waals surface area contributed by atoms with Gasteiger partial charge in [0.05, 0.1) is 5.69 Å². The molecular formula is C19H23Br2FN6O. The Morgan fingerprint density at radius 3 is 2.52 bits per heavy atom. The summed E-state index contributed by atoms with van der Waals surface area (Å²) in [5.74, 6) is 0.955. The first-order chi connectivity index (χ1) is 13.8. The largest absolute Gasteiger partial charge is 0.363 e. The molecule has 7 nitrogen and oxygen atoms in total. The van der Waals surface area contributed by atoms with Gasteiger partial charge in [-0.25, -0.2) is 14.2 Å². The van der Waals surface area contributed by atoms with E-state index in [0.717, 1.165) is 31.5 Å². The molecule has 0 bridgehead atoms. The number of carbonyl (C=O) groups excluding carboxylic acids is 1. The second-order valence-electron chi connectivity index (χ2n) is 7.17. The number of anilines is 3. The number of amides is 2. The molecule has 0 atom stereocenters. The van der Waals surface area contributed by atoms with Crippen molar-refractivity contribution in [2.45, 2.75) is 37.8 Å². The van der Waals surface area contributed by atoms with Gasteiger partial charge in [0.2, 0.25) is 5.95 Å². The number of rotatable bonds is 5. The third kappa shape index (κ3) is 6.02. The van der Waals surface area contributed by atoms with Crippen molar-refractivity contribution in [3.05, 3.63) is 39.2 Å². The predicted octanol–water partition coefficient (Wildman–Crippen LogP) is 4.75. The number of carbonyl (C=O) groups is 1. The van der Waals surface area contributed by atoms with Gasteiger partial charge in [-0.3, -0.25) is 0 Å². The number of urea groups is 1. The van der Waals surface area contributed by atoms with Crippen LogP contribution in [0.5, 0.6) is 0 Å². The quantitative estimate of drug-likeness (QED) is 0.520. The fraction of sp³-hybridized carbons (Fsp3) is 0.421. The number of nitrogens with one attached hydrogen (secondary N) is 3. The van der Waals surface area contributed by atoms with E-state index in [9.17, 15) is 9.18 Å². The summed E-state index contributed by atoms with van der Waals surface area (Å²) in [6, 6.07) is 4.74. The molecule has 1 fully saturated rings. The fourth-order valence-corrected chi connectivity index (χ4v) is 4.50. The molecule has 1 saturated carbocycles. The van der Waals surface area contributed by atoms with Crippen LogP contribution in [0.25, 0.3) is 0 Å². The molecule has 0 radical (unpaired) electrons. The summed E-state index contributed by atoms with van der Waals surface area (Å²) in [6.07, 6.45) is 5.15. The molecule has 1 heterocycles. The van der Waals surface area contributed by atoms with Gasteiger partial charge in [-0.2, -0.15) is 4.98 Å². The number of hydrogen-bond acceptors (Lipinski definition) is 5. The Kier molecular flexibility index (Phi) is 7.28. The highest BCUT2D eigenvalue weighted by molar-refractivity contribution is 9.11. The van der Waals surface area contributed by atoms with Crippen LogP contribution in [-0.4, -0.2) is 42.2 Å². The van der Waals surface area contributed by atoms with Crippen molar-refractivity contribution in [3.63, 3.8) is 0 Å². The van der Waals surface area contributed by atoms with Crippen LogP contribution in [0, 0.1) is 5.82 Å². The van der Waals surface area contributed by atoms with E-state index in [0.29, 0.717) is 14.9 Å². The van der Waals surface area contributed by atoms with Crippen molar-refractivity contribution in [1.29, 1.82) is 0 Å². The van der Waals surface area contributed by atoms with Crippen molar-refractivity contribution >= 4 is 55.3 Å². The Bertz CT molecular complexity index is 851. The lowest BCUT2D eigenvalue weighted by atomic mass is 9.91. The van der Waals surface area contributed by atoms with Crippen LogP contribution in [0.4, 0.5) is 26.6 Å². The maximum Gasteiger partial charge on any atom is 0.319 e. The molecule has 0 aliphatic heterocycles. The number of hydrogen-bond donors (Lipinski definition) is 3. The summed E-state index contributed by atoms with van der Waals surface area (Å²) < 4.78 is 15.1. The summed E-state index contributed by atoms with van der Waals surface area (Å²) in [7, 11) is 3.87. The zero-order chi connectivity index (χ0) is 21.0. The molecule has 156 valence electrons. The van der Waals surface area contributed by atoms with Gasteiger partial charge >= 0.3 is 6.03 Å². The predicted molar refractivity (Wildman–Crippen MR) is 120 cm³/mol. The highest BCUT2D eigenvalue weighted by atomic mass is 79.9. The van der Waals surface area contributed by atoms with Crippen molar-refractivity contribution < 1.29 is 9.18 Å². The minimum atomic E-state index is -0.505. The average Bonchev–Trinajstić information content (AvgIpc) is 2.66. The smallest absolute Gasteiger partial charge is 0.319 e. The topological polar surface area (TPSA) is 82.2 Å². The standard InChI is InChI=1S/C19H23Br2FN6O/c1-28(2)16-7-8-23-18(26-16)24-12-3-5-13(6-4-12)25-19(29)27-17-14(21)9-11(20)10-15(17)22/h7-10,12-13H,3-6H2,1-2H3,(H,23,24,26)(H2,25,27,29). The Morgan fingerprint density at radius 2 is 1.86 bits per heavy atom. The van der Waals surface area contributed by atoms with Gasteiger partial charge in [0, 0.05) is 41.3 Å². The molecule has 1 aromatic heterocycles. The third-order valence-electron chi connectivity index (χ3n) is 4.74. The zero-order valence-electron chi connectivity index (χ0n) is 16.2. The molecule has 10 heteroatoms. The summed E-state index contributed by atoms with van der Waals surface area (Å²) >= 11 is 6.49. The number of halogens is 3. The second-order valence-corrected chi connectivity index (χ2v) is 8.94. The first-order valence-electron chi connectivity index (χ1n) is 9.31. The summed E-state index contributed by atoms with van der Waals surface area (Å²) in [5.41, 5.74) is 0.124. The lowest BCUT2D eigenvalue weighted by molar-refractivity contribution is 0.243. The molecule has 2 aromatic rings. The number of benzene rings is 1. The lowest BCUT2D eigenvalue weighted by Gasteiger charge is -2.29. The Labute approximate surface area is 186 Å². The molecule has 3 N–H and O–H groups in total. The Hall–Kier alpha value is -1.94. The Morgan fingerprint density at radius 1 is 1.17 bits per heavy atom.